The van der Waals surface area contributed by atoms with Crippen LogP contribution in [0.1, 0.15) is 32.5 Å². The molecular formula is C13H22N4O. The minimum atomic E-state index is -0.616. The summed E-state index contributed by atoms with van der Waals surface area (Å²) in [7, 11) is 0. The van der Waals surface area contributed by atoms with Gasteiger partial charge in [-0.2, -0.15) is 0 Å². The molecule has 1 saturated heterocycles. The van der Waals surface area contributed by atoms with Crippen molar-refractivity contribution in [3.8, 4) is 0 Å². The lowest BCUT2D eigenvalue weighted by Crippen LogP contribution is -2.46. The van der Waals surface area contributed by atoms with Crippen LogP contribution in [0.4, 0.5) is 11.6 Å². The zero-order chi connectivity index (χ0) is 13.2. The van der Waals surface area contributed by atoms with Crippen LogP contribution in [0.25, 0.3) is 0 Å². The zero-order valence-corrected chi connectivity index (χ0v) is 11.4. The fourth-order valence-corrected chi connectivity index (χ4v) is 2.40. The van der Waals surface area contributed by atoms with Crippen LogP contribution in [0.15, 0.2) is 6.07 Å². The third-order valence-corrected chi connectivity index (χ3v) is 3.18. The van der Waals surface area contributed by atoms with Crippen molar-refractivity contribution in [1.82, 2.24) is 9.97 Å². The first kappa shape index (κ1) is 13.1. The van der Waals surface area contributed by atoms with Crippen LogP contribution in [-0.4, -0.2) is 40.3 Å². The first-order chi connectivity index (χ1) is 8.50. The monoisotopic (exact) mass is 250 g/mol. The van der Waals surface area contributed by atoms with E-state index in [0.717, 1.165) is 43.4 Å². The molecular weight excluding hydrogens is 228 g/mol. The van der Waals surface area contributed by atoms with Crippen molar-refractivity contribution in [2.75, 3.05) is 29.9 Å². The molecule has 0 saturated carbocycles. The Bertz CT molecular complexity index is 419. The molecule has 1 atom stereocenters. The second-order valence-corrected chi connectivity index (χ2v) is 5.21. The molecule has 100 valence electrons. The van der Waals surface area contributed by atoms with Gasteiger partial charge in [-0.1, -0.05) is 0 Å². The zero-order valence-electron chi connectivity index (χ0n) is 11.4. The van der Waals surface area contributed by atoms with Gasteiger partial charge in [0.05, 0.1) is 5.60 Å². The number of rotatable bonds is 3. The van der Waals surface area contributed by atoms with Crippen LogP contribution in [0.2, 0.25) is 0 Å². The van der Waals surface area contributed by atoms with Crippen molar-refractivity contribution in [2.24, 2.45) is 0 Å². The van der Waals surface area contributed by atoms with E-state index in [4.69, 9.17) is 0 Å². The van der Waals surface area contributed by atoms with Crippen molar-refractivity contribution in [1.29, 1.82) is 0 Å². The summed E-state index contributed by atoms with van der Waals surface area (Å²) in [6.45, 7) is 8.24. The van der Waals surface area contributed by atoms with E-state index in [0.29, 0.717) is 6.54 Å². The highest BCUT2D eigenvalue weighted by atomic mass is 16.3. The lowest BCUT2D eigenvalue weighted by molar-refractivity contribution is 0.0447. The fourth-order valence-electron chi connectivity index (χ4n) is 2.40. The van der Waals surface area contributed by atoms with Gasteiger partial charge in [-0.3, -0.25) is 0 Å². The largest absolute Gasteiger partial charge is 0.388 e. The van der Waals surface area contributed by atoms with E-state index < -0.39 is 5.60 Å². The summed E-state index contributed by atoms with van der Waals surface area (Å²) in [5.74, 6) is 2.51. The third kappa shape index (κ3) is 3.10. The molecule has 1 aliphatic rings. The summed E-state index contributed by atoms with van der Waals surface area (Å²) < 4.78 is 0. The number of hydrogen-bond acceptors (Lipinski definition) is 5. The summed E-state index contributed by atoms with van der Waals surface area (Å²) in [5, 5.41) is 13.4. The second kappa shape index (κ2) is 5.10. The van der Waals surface area contributed by atoms with Crippen LogP contribution in [0.3, 0.4) is 0 Å². The van der Waals surface area contributed by atoms with Gasteiger partial charge < -0.3 is 15.3 Å². The first-order valence-electron chi connectivity index (χ1n) is 6.57. The highest BCUT2D eigenvalue weighted by molar-refractivity contribution is 5.50. The molecule has 1 aromatic heterocycles. The number of aromatic nitrogens is 2. The van der Waals surface area contributed by atoms with Crippen LogP contribution >= 0.6 is 0 Å². The van der Waals surface area contributed by atoms with Crippen molar-refractivity contribution in [3.63, 3.8) is 0 Å². The number of aryl methyl sites for hydroxylation is 1. The first-order valence-corrected chi connectivity index (χ1v) is 6.57. The maximum Gasteiger partial charge on any atom is 0.134 e. The van der Waals surface area contributed by atoms with Gasteiger partial charge in [0.1, 0.15) is 17.5 Å². The molecule has 18 heavy (non-hydrogen) atoms. The Labute approximate surface area is 108 Å². The Balaban J connectivity index is 2.21. The maximum absolute atomic E-state index is 10.1. The summed E-state index contributed by atoms with van der Waals surface area (Å²) in [4.78, 5) is 11.0. The predicted molar refractivity (Wildman–Crippen MR) is 73.0 cm³/mol. The van der Waals surface area contributed by atoms with Crippen LogP contribution in [-0.2, 0) is 0 Å². The SMILES string of the molecule is CCNc1cc(N2CCCC(C)(O)C2)nc(C)n1. The van der Waals surface area contributed by atoms with Crippen molar-refractivity contribution < 1.29 is 5.11 Å². The molecule has 0 aliphatic carbocycles. The molecule has 0 aromatic carbocycles. The summed E-state index contributed by atoms with van der Waals surface area (Å²) in [6.07, 6.45) is 1.85. The van der Waals surface area contributed by atoms with Crippen molar-refractivity contribution >= 4 is 11.6 Å². The summed E-state index contributed by atoms with van der Waals surface area (Å²) in [6, 6.07) is 1.96. The maximum atomic E-state index is 10.1. The number of nitrogens with one attached hydrogen (secondary N) is 1. The minimum Gasteiger partial charge on any atom is -0.388 e. The Morgan fingerprint density at radius 2 is 2.28 bits per heavy atom. The quantitative estimate of drug-likeness (QED) is 0.852. The van der Waals surface area contributed by atoms with Gasteiger partial charge in [-0.05, 0) is 33.6 Å². The number of hydrogen-bond donors (Lipinski definition) is 2. The minimum absolute atomic E-state index is 0.616. The highest BCUT2D eigenvalue weighted by Gasteiger charge is 2.29. The molecule has 0 amide bonds. The molecule has 1 aliphatic heterocycles. The van der Waals surface area contributed by atoms with Gasteiger partial charge in [0.25, 0.3) is 0 Å². The molecule has 1 aromatic rings. The third-order valence-electron chi connectivity index (χ3n) is 3.18. The Hall–Kier alpha value is -1.36. The van der Waals surface area contributed by atoms with E-state index in [9.17, 15) is 5.11 Å². The Morgan fingerprint density at radius 3 is 2.94 bits per heavy atom. The number of anilines is 2. The predicted octanol–water partition coefficient (Wildman–Crippen LogP) is 1.57. The number of aliphatic hydroxyl groups is 1. The molecule has 1 unspecified atom stereocenters. The fraction of sp³-hybridized carbons (Fsp3) is 0.692. The van der Waals surface area contributed by atoms with Gasteiger partial charge in [0.15, 0.2) is 0 Å². The van der Waals surface area contributed by atoms with Gasteiger partial charge >= 0.3 is 0 Å². The number of piperidine rings is 1. The van der Waals surface area contributed by atoms with Gasteiger partial charge in [-0.25, -0.2) is 9.97 Å². The molecule has 0 radical (unpaired) electrons. The van der Waals surface area contributed by atoms with E-state index >= 15 is 0 Å². The van der Waals surface area contributed by atoms with Gasteiger partial charge in [0, 0.05) is 25.7 Å². The lowest BCUT2D eigenvalue weighted by atomic mass is 9.95. The molecule has 5 nitrogen and oxygen atoms in total. The Kier molecular flexibility index (Phi) is 3.71. The summed E-state index contributed by atoms with van der Waals surface area (Å²) >= 11 is 0. The average molecular weight is 250 g/mol. The molecule has 2 rings (SSSR count). The topological polar surface area (TPSA) is 61.3 Å². The van der Waals surface area contributed by atoms with E-state index in [1.54, 1.807) is 0 Å². The van der Waals surface area contributed by atoms with Gasteiger partial charge in [0.2, 0.25) is 0 Å². The highest BCUT2D eigenvalue weighted by Crippen LogP contribution is 2.25. The second-order valence-electron chi connectivity index (χ2n) is 5.21. The van der Waals surface area contributed by atoms with Crippen LogP contribution in [0, 0.1) is 6.92 Å². The molecule has 2 heterocycles. The van der Waals surface area contributed by atoms with E-state index in [1.807, 2.05) is 26.8 Å². The average Bonchev–Trinajstić information content (AvgIpc) is 2.27. The smallest absolute Gasteiger partial charge is 0.134 e. The van der Waals surface area contributed by atoms with Crippen molar-refractivity contribution in [2.45, 2.75) is 39.2 Å². The molecule has 2 N–H and O–H groups in total. The molecule has 0 bridgehead atoms. The van der Waals surface area contributed by atoms with E-state index in [-0.39, 0.29) is 0 Å². The molecule has 1 fully saturated rings. The normalized spacial score (nSPS) is 24.1. The Morgan fingerprint density at radius 1 is 1.50 bits per heavy atom. The summed E-state index contributed by atoms with van der Waals surface area (Å²) in [5.41, 5.74) is -0.616. The van der Waals surface area contributed by atoms with Crippen molar-refractivity contribution in [3.05, 3.63) is 11.9 Å². The number of nitrogens with zero attached hydrogens (tertiary/aromatic N) is 3. The molecule has 5 heteroatoms. The van der Waals surface area contributed by atoms with E-state index in [2.05, 4.69) is 20.2 Å². The lowest BCUT2D eigenvalue weighted by Gasteiger charge is -2.37. The van der Waals surface area contributed by atoms with Crippen LogP contribution < -0.4 is 10.2 Å². The van der Waals surface area contributed by atoms with Gasteiger partial charge in [-0.15, -0.1) is 0 Å². The standard InChI is InChI=1S/C13H22N4O/c1-4-14-11-8-12(16-10(2)15-11)17-7-5-6-13(3,18)9-17/h8,18H,4-7,9H2,1-3H3,(H,14,15,16). The van der Waals surface area contributed by atoms with E-state index in [1.165, 1.54) is 0 Å². The van der Waals surface area contributed by atoms with Crippen LogP contribution in [0.5, 0.6) is 0 Å². The number of β-amino-alcohol motifs (C(OH)–C–C–N with tert-alkyl or cyclic N) is 1. The molecule has 0 spiro atoms.